The summed E-state index contributed by atoms with van der Waals surface area (Å²) in [4.78, 5) is 0.117. The highest BCUT2D eigenvalue weighted by Crippen LogP contribution is 2.39. The first-order chi connectivity index (χ1) is 8.91. The van der Waals surface area contributed by atoms with Crippen LogP contribution in [-0.2, 0) is 0 Å². The molecule has 0 aromatic heterocycles. The number of benzene rings is 2. The molecule has 0 bridgehead atoms. The summed E-state index contributed by atoms with van der Waals surface area (Å²) in [5, 5.41) is 0.837. The zero-order chi connectivity index (χ0) is 14.2. The van der Waals surface area contributed by atoms with Gasteiger partial charge < -0.3 is 0 Å². The average Bonchev–Trinajstić information content (AvgIpc) is 2.36. The van der Waals surface area contributed by atoms with Gasteiger partial charge in [0.2, 0.25) is 0 Å². The van der Waals surface area contributed by atoms with Crippen LogP contribution >= 0.6 is 43.5 Å². The average molecular weight is 403 g/mol. The van der Waals surface area contributed by atoms with Gasteiger partial charge in [-0.25, -0.2) is 0 Å². The first kappa shape index (κ1) is 15.1. The lowest BCUT2D eigenvalue weighted by atomic mass is 9.97. The third-order valence-electron chi connectivity index (χ3n) is 3.32. The van der Waals surface area contributed by atoms with E-state index in [4.69, 9.17) is 11.6 Å². The van der Waals surface area contributed by atoms with Gasteiger partial charge in [-0.2, -0.15) is 0 Å². The molecule has 0 spiro atoms. The molecule has 1 unspecified atom stereocenters. The van der Waals surface area contributed by atoms with Crippen molar-refractivity contribution >= 4 is 43.5 Å². The number of rotatable bonds is 2. The van der Waals surface area contributed by atoms with Crippen LogP contribution in [0.5, 0.6) is 0 Å². The van der Waals surface area contributed by atoms with Crippen molar-refractivity contribution in [3.63, 3.8) is 0 Å². The molecule has 0 amide bonds. The van der Waals surface area contributed by atoms with E-state index in [9.17, 15) is 0 Å². The van der Waals surface area contributed by atoms with Crippen LogP contribution in [0.4, 0.5) is 0 Å². The molecule has 2 rings (SSSR count). The van der Waals surface area contributed by atoms with Crippen molar-refractivity contribution in [1.29, 1.82) is 0 Å². The fraction of sp³-hybridized carbons (Fsp3) is 0.250. The molecule has 0 aliphatic rings. The Balaban J connectivity index is 2.53. The molecule has 2 aromatic rings. The molecule has 0 fully saturated rings. The molecule has 0 aliphatic carbocycles. The lowest BCUT2D eigenvalue weighted by Gasteiger charge is -2.17. The Morgan fingerprint density at radius 1 is 0.947 bits per heavy atom. The number of hydrogen-bond acceptors (Lipinski definition) is 0. The van der Waals surface area contributed by atoms with E-state index in [2.05, 4.69) is 63.9 Å². The van der Waals surface area contributed by atoms with Crippen molar-refractivity contribution in [2.45, 2.75) is 25.6 Å². The van der Waals surface area contributed by atoms with Crippen LogP contribution in [0.3, 0.4) is 0 Å². The molecule has 100 valence electrons. The second-order valence-electron chi connectivity index (χ2n) is 4.80. The minimum absolute atomic E-state index is 0.117. The van der Waals surface area contributed by atoms with E-state index in [0.717, 1.165) is 20.6 Å². The highest BCUT2D eigenvalue weighted by molar-refractivity contribution is 9.10. The van der Waals surface area contributed by atoms with Crippen LogP contribution in [0, 0.1) is 20.8 Å². The van der Waals surface area contributed by atoms with Gasteiger partial charge in [0.25, 0.3) is 0 Å². The number of halogens is 3. The third-order valence-corrected chi connectivity index (χ3v) is 5.67. The Kier molecular flexibility index (Phi) is 4.75. The fourth-order valence-electron chi connectivity index (χ4n) is 2.11. The van der Waals surface area contributed by atoms with Gasteiger partial charge >= 0.3 is 0 Å². The van der Waals surface area contributed by atoms with Crippen LogP contribution in [0.15, 0.2) is 34.8 Å². The van der Waals surface area contributed by atoms with Gasteiger partial charge in [-0.1, -0.05) is 67.7 Å². The molecule has 0 radical (unpaired) electrons. The smallest absolute Gasteiger partial charge is 0.0661 e. The molecule has 0 N–H and O–H groups in total. The molecular formula is C16H15Br2Cl. The van der Waals surface area contributed by atoms with E-state index in [1.807, 2.05) is 19.1 Å². The summed E-state index contributed by atoms with van der Waals surface area (Å²) in [5.74, 6) is 0. The van der Waals surface area contributed by atoms with Gasteiger partial charge in [-0.3, -0.25) is 0 Å². The topological polar surface area (TPSA) is 0 Å². The van der Waals surface area contributed by atoms with E-state index in [0.29, 0.717) is 0 Å². The van der Waals surface area contributed by atoms with Crippen LogP contribution in [0.1, 0.15) is 32.6 Å². The predicted octanol–water partition coefficient (Wildman–Crippen LogP) is 6.51. The van der Waals surface area contributed by atoms with Gasteiger partial charge in [-0.05, 0) is 54.7 Å². The van der Waals surface area contributed by atoms with Crippen molar-refractivity contribution in [3.05, 3.63) is 67.6 Å². The monoisotopic (exact) mass is 400 g/mol. The maximum Gasteiger partial charge on any atom is 0.0661 e. The maximum absolute atomic E-state index is 6.42. The van der Waals surface area contributed by atoms with E-state index < -0.39 is 0 Å². The summed E-state index contributed by atoms with van der Waals surface area (Å²) in [6.07, 6.45) is 0. The normalized spacial score (nSPS) is 12.5. The fourth-order valence-corrected chi connectivity index (χ4v) is 3.81. The lowest BCUT2D eigenvalue weighted by Crippen LogP contribution is -1.99. The highest BCUT2D eigenvalue weighted by atomic mass is 79.9. The van der Waals surface area contributed by atoms with Crippen molar-refractivity contribution < 1.29 is 0 Å². The lowest BCUT2D eigenvalue weighted by molar-refractivity contribution is 1.12. The van der Waals surface area contributed by atoms with Gasteiger partial charge in [-0.15, -0.1) is 0 Å². The summed E-state index contributed by atoms with van der Waals surface area (Å²) < 4.78 is 1.14. The molecule has 0 saturated heterocycles. The second-order valence-corrected chi connectivity index (χ2v) is 6.95. The molecule has 0 nitrogen and oxygen atoms in total. The molecule has 0 heterocycles. The molecule has 1 atom stereocenters. The maximum atomic E-state index is 6.42. The van der Waals surface area contributed by atoms with E-state index in [1.165, 1.54) is 16.7 Å². The summed E-state index contributed by atoms with van der Waals surface area (Å²) in [6.45, 7) is 6.26. The molecule has 2 aromatic carbocycles. The SMILES string of the molecule is Cc1cc(C(Br)c2cccc(C)c2Cl)c(C)cc1Br. The number of alkyl halides is 1. The van der Waals surface area contributed by atoms with Crippen LogP contribution in [0.2, 0.25) is 5.02 Å². The second kappa shape index (κ2) is 5.99. The number of hydrogen-bond donors (Lipinski definition) is 0. The van der Waals surface area contributed by atoms with Gasteiger partial charge in [0, 0.05) is 9.50 Å². The zero-order valence-corrected chi connectivity index (χ0v) is 15.0. The third kappa shape index (κ3) is 3.07. The molecule has 19 heavy (non-hydrogen) atoms. The molecule has 0 saturated carbocycles. The van der Waals surface area contributed by atoms with Crippen molar-refractivity contribution in [1.82, 2.24) is 0 Å². The Morgan fingerprint density at radius 3 is 2.32 bits per heavy atom. The Hall–Kier alpha value is -0.310. The number of aryl methyl sites for hydroxylation is 3. The van der Waals surface area contributed by atoms with E-state index >= 15 is 0 Å². The summed E-state index contributed by atoms with van der Waals surface area (Å²) >= 11 is 13.8. The van der Waals surface area contributed by atoms with Crippen molar-refractivity contribution in [2.75, 3.05) is 0 Å². The Labute approximate surface area is 136 Å². The first-order valence-corrected chi connectivity index (χ1v) is 8.16. The minimum Gasteiger partial charge on any atom is -0.0837 e. The standard InChI is InChI=1S/C16H15Br2Cl/c1-9-5-4-6-12(16(9)19)15(18)13-7-11(3)14(17)8-10(13)2/h4-8,15H,1-3H3. The van der Waals surface area contributed by atoms with Gasteiger partial charge in [0.15, 0.2) is 0 Å². The van der Waals surface area contributed by atoms with E-state index in [1.54, 1.807) is 0 Å². The first-order valence-electron chi connectivity index (χ1n) is 6.07. The van der Waals surface area contributed by atoms with E-state index in [-0.39, 0.29) is 4.83 Å². The van der Waals surface area contributed by atoms with Crippen molar-refractivity contribution in [2.24, 2.45) is 0 Å². The molecule has 0 aliphatic heterocycles. The molecule has 3 heteroatoms. The summed E-state index contributed by atoms with van der Waals surface area (Å²) in [6, 6.07) is 10.5. The molecular weight excluding hydrogens is 387 g/mol. The summed E-state index contributed by atoms with van der Waals surface area (Å²) in [7, 11) is 0. The highest BCUT2D eigenvalue weighted by Gasteiger charge is 2.17. The Bertz CT molecular complexity index is 620. The van der Waals surface area contributed by atoms with Crippen LogP contribution < -0.4 is 0 Å². The van der Waals surface area contributed by atoms with Crippen LogP contribution in [-0.4, -0.2) is 0 Å². The summed E-state index contributed by atoms with van der Waals surface area (Å²) in [5.41, 5.74) is 5.96. The van der Waals surface area contributed by atoms with Gasteiger partial charge in [0.05, 0.1) is 4.83 Å². The predicted molar refractivity (Wildman–Crippen MR) is 90.6 cm³/mol. The minimum atomic E-state index is 0.117. The largest absolute Gasteiger partial charge is 0.0837 e. The zero-order valence-electron chi connectivity index (χ0n) is 11.1. The van der Waals surface area contributed by atoms with Crippen molar-refractivity contribution in [3.8, 4) is 0 Å². The quantitative estimate of drug-likeness (QED) is 0.502. The van der Waals surface area contributed by atoms with Gasteiger partial charge in [0.1, 0.15) is 0 Å². The Morgan fingerprint density at radius 2 is 1.63 bits per heavy atom. The van der Waals surface area contributed by atoms with Crippen LogP contribution in [0.25, 0.3) is 0 Å².